The Hall–Kier alpha value is -7.23. The molecule has 0 saturated heterocycles. The highest BCUT2D eigenvalue weighted by Gasteiger charge is 2.51. The molecule has 0 radical (unpaired) electrons. The molecular weight excluding hydrogens is 667 g/mol. The van der Waals surface area contributed by atoms with Gasteiger partial charge in [-0.05, 0) is 91.0 Å². The summed E-state index contributed by atoms with van der Waals surface area (Å²) in [4.78, 5) is 14.6. The van der Waals surface area contributed by atoms with Crippen molar-refractivity contribution in [2.24, 2.45) is 0 Å². The van der Waals surface area contributed by atoms with E-state index in [4.69, 9.17) is 9.97 Å². The maximum Gasteiger partial charge on any atom is 0.160 e. The molecule has 7 aromatic carbocycles. The zero-order valence-electron chi connectivity index (χ0n) is 29.9. The molecule has 3 heteroatoms. The highest BCUT2D eigenvalue weighted by atomic mass is 14.9. The van der Waals surface area contributed by atoms with E-state index in [9.17, 15) is 0 Å². The summed E-state index contributed by atoms with van der Waals surface area (Å²) in [7, 11) is 0. The number of aromatic nitrogens is 3. The first-order valence-electron chi connectivity index (χ1n) is 18.8. The molecule has 0 amide bonds. The molecular formula is C52H33N3. The van der Waals surface area contributed by atoms with Crippen LogP contribution in [0.15, 0.2) is 200 Å². The van der Waals surface area contributed by atoms with E-state index in [-0.39, 0.29) is 5.41 Å². The normalized spacial score (nSPS) is 12.9. The molecule has 2 aromatic heterocycles. The third-order valence-corrected chi connectivity index (χ3v) is 11.4. The van der Waals surface area contributed by atoms with Crippen molar-refractivity contribution in [1.82, 2.24) is 15.0 Å². The van der Waals surface area contributed by atoms with Crippen LogP contribution >= 0.6 is 0 Å². The Balaban J connectivity index is 1.05. The Bertz CT molecular complexity index is 2850. The summed E-state index contributed by atoms with van der Waals surface area (Å²) < 4.78 is 0. The van der Waals surface area contributed by atoms with Gasteiger partial charge in [-0.25, -0.2) is 9.97 Å². The standard InChI is InChI=1S/C52H33N3/c1-2-12-36(13-3-1)51-54-49(35-25-23-34(24-26-35)40-16-11-29-53-33-40)32-50(55-51)39-15-10-14-37(30-39)38-27-28-44-43-19-6-9-22-47(43)52(48(44)31-38)45-20-7-4-17-41(45)42-18-5-8-21-46(42)52/h1-33H. The first-order chi connectivity index (χ1) is 27.3. The zero-order chi connectivity index (χ0) is 36.3. The van der Waals surface area contributed by atoms with Gasteiger partial charge in [-0.15, -0.1) is 0 Å². The maximum atomic E-state index is 5.17. The lowest BCUT2D eigenvalue weighted by Gasteiger charge is -2.30. The van der Waals surface area contributed by atoms with Crippen LogP contribution < -0.4 is 0 Å². The van der Waals surface area contributed by atoms with Crippen LogP contribution in [0.1, 0.15) is 22.3 Å². The van der Waals surface area contributed by atoms with Gasteiger partial charge in [0.15, 0.2) is 5.82 Å². The smallest absolute Gasteiger partial charge is 0.160 e. The SMILES string of the molecule is c1ccc(-c2nc(-c3ccc(-c4cccnc4)cc3)cc(-c3cccc(-c4ccc5c(c4)C4(c6ccccc6-c6ccccc64)c4ccccc4-5)c3)n2)cc1. The van der Waals surface area contributed by atoms with Crippen molar-refractivity contribution in [1.29, 1.82) is 0 Å². The summed E-state index contributed by atoms with van der Waals surface area (Å²) in [5.74, 6) is 0.700. The van der Waals surface area contributed by atoms with Crippen LogP contribution in [-0.2, 0) is 5.41 Å². The third kappa shape index (κ3) is 4.87. The summed E-state index contributed by atoms with van der Waals surface area (Å²) in [5.41, 5.74) is 19.6. The van der Waals surface area contributed by atoms with Gasteiger partial charge in [0.05, 0.1) is 16.8 Å². The molecule has 0 atom stereocenters. The van der Waals surface area contributed by atoms with Crippen molar-refractivity contribution in [2.45, 2.75) is 5.41 Å². The number of rotatable bonds is 5. The topological polar surface area (TPSA) is 38.7 Å². The molecule has 0 unspecified atom stereocenters. The van der Waals surface area contributed by atoms with Crippen LogP contribution in [0.3, 0.4) is 0 Å². The lowest BCUT2D eigenvalue weighted by molar-refractivity contribution is 0.794. The van der Waals surface area contributed by atoms with E-state index in [0.29, 0.717) is 5.82 Å². The minimum atomic E-state index is -0.383. The van der Waals surface area contributed by atoms with Gasteiger partial charge in [0.25, 0.3) is 0 Å². The van der Waals surface area contributed by atoms with Crippen molar-refractivity contribution in [2.75, 3.05) is 0 Å². The van der Waals surface area contributed by atoms with E-state index >= 15 is 0 Å². The van der Waals surface area contributed by atoms with Gasteiger partial charge in [0, 0.05) is 29.1 Å². The summed E-state index contributed by atoms with van der Waals surface area (Å²) in [6, 6.07) is 67.7. The number of benzene rings is 7. The summed E-state index contributed by atoms with van der Waals surface area (Å²) in [6.07, 6.45) is 3.69. The Morgan fingerprint density at radius 1 is 0.309 bits per heavy atom. The predicted octanol–water partition coefficient (Wildman–Crippen LogP) is 12.6. The molecule has 0 bridgehead atoms. The Kier molecular flexibility index (Phi) is 7.08. The lowest BCUT2D eigenvalue weighted by Crippen LogP contribution is -2.25. The van der Waals surface area contributed by atoms with Crippen molar-refractivity contribution >= 4 is 0 Å². The van der Waals surface area contributed by atoms with Crippen LogP contribution in [0, 0.1) is 0 Å². The molecule has 1 spiro atoms. The molecule has 9 aromatic rings. The quantitative estimate of drug-likeness (QED) is 0.179. The van der Waals surface area contributed by atoms with Crippen molar-refractivity contribution in [3.8, 4) is 78.4 Å². The van der Waals surface area contributed by atoms with Gasteiger partial charge in [-0.1, -0.05) is 164 Å². The fourth-order valence-corrected chi connectivity index (χ4v) is 8.96. The molecule has 0 saturated carbocycles. The van der Waals surface area contributed by atoms with Gasteiger partial charge in [-0.2, -0.15) is 0 Å². The first-order valence-corrected chi connectivity index (χ1v) is 18.8. The summed E-state index contributed by atoms with van der Waals surface area (Å²) in [5, 5.41) is 0. The summed E-state index contributed by atoms with van der Waals surface area (Å²) >= 11 is 0. The second kappa shape index (κ2) is 12.4. The molecule has 11 rings (SSSR count). The highest BCUT2D eigenvalue weighted by molar-refractivity contribution is 5.96. The average molecular weight is 700 g/mol. The second-order valence-corrected chi connectivity index (χ2v) is 14.4. The first kappa shape index (κ1) is 31.3. The molecule has 2 heterocycles. The fourth-order valence-electron chi connectivity index (χ4n) is 8.96. The van der Waals surface area contributed by atoms with Crippen LogP contribution in [0.4, 0.5) is 0 Å². The van der Waals surface area contributed by atoms with Crippen LogP contribution in [0.5, 0.6) is 0 Å². The largest absolute Gasteiger partial charge is 0.264 e. The van der Waals surface area contributed by atoms with Crippen LogP contribution in [-0.4, -0.2) is 15.0 Å². The van der Waals surface area contributed by atoms with Gasteiger partial charge in [0.2, 0.25) is 0 Å². The van der Waals surface area contributed by atoms with Crippen LogP contribution in [0.25, 0.3) is 78.4 Å². The minimum absolute atomic E-state index is 0.383. The highest BCUT2D eigenvalue weighted by Crippen LogP contribution is 2.63. The molecule has 0 N–H and O–H groups in total. The molecule has 2 aliphatic rings. The second-order valence-electron chi connectivity index (χ2n) is 14.4. The predicted molar refractivity (Wildman–Crippen MR) is 223 cm³/mol. The van der Waals surface area contributed by atoms with Crippen molar-refractivity contribution < 1.29 is 0 Å². The third-order valence-electron chi connectivity index (χ3n) is 11.4. The number of hydrogen-bond donors (Lipinski definition) is 0. The zero-order valence-corrected chi connectivity index (χ0v) is 29.9. The van der Waals surface area contributed by atoms with Crippen molar-refractivity contribution in [3.05, 3.63) is 223 Å². The van der Waals surface area contributed by atoms with E-state index in [1.807, 2.05) is 30.5 Å². The molecule has 55 heavy (non-hydrogen) atoms. The molecule has 2 aliphatic carbocycles. The number of fused-ring (bicyclic) bond motifs is 10. The Labute approximate surface area is 320 Å². The Morgan fingerprint density at radius 2 is 0.818 bits per heavy atom. The van der Waals surface area contributed by atoms with E-state index in [0.717, 1.165) is 44.8 Å². The molecule has 256 valence electrons. The van der Waals surface area contributed by atoms with E-state index < -0.39 is 0 Å². The number of pyridine rings is 1. The van der Waals surface area contributed by atoms with E-state index in [1.165, 1.54) is 50.1 Å². The fraction of sp³-hybridized carbons (Fsp3) is 0.0192. The van der Waals surface area contributed by atoms with E-state index in [1.54, 1.807) is 6.20 Å². The lowest BCUT2D eigenvalue weighted by atomic mass is 9.70. The maximum absolute atomic E-state index is 5.17. The average Bonchev–Trinajstić information content (AvgIpc) is 3.74. The molecule has 3 nitrogen and oxygen atoms in total. The van der Waals surface area contributed by atoms with Crippen molar-refractivity contribution in [3.63, 3.8) is 0 Å². The van der Waals surface area contributed by atoms with Gasteiger partial charge in [-0.3, -0.25) is 4.98 Å². The van der Waals surface area contributed by atoms with E-state index in [2.05, 4.69) is 169 Å². The number of nitrogens with zero attached hydrogens (tertiary/aromatic N) is 3. The van der Waals surface area contributed by atoms with Gasteiger partial charge in [0.1, 0.15) is 0 Å². The summed E-state index contributed by atoms with van der Waals surface area (Å²) in [6.45, 7) is 0. The molecule has 0 fully saturated rings. The monoisotopic (exact) mass is 699 g/mol. The Morgan fingerprint density at radius 3 is 1.47 bits per heavy atom. The van der Waals surface area contributed by atoms with Gasteiger partial charge >= 0.3 is 0 Å². The van der Waals surface area contributed by atoms with Crippen LogP contribution in [0.2, 0.25) is 0 Å². The minimum Gasteiger partial charge on any atom is -0.264 e. The molecule has 0 aliphatic heterocycles. The number of hydrogen-bond acceptors (Lipinski definition) is 3. The van der Waals surface area contributed by atoms with Gasteiger partial charge < -0.3 is 0 Å².